The number of aryl methyl sites for hydroxylation is 2. The van der Waals surface area contributed by atoms with E-state index in [9.17, 15) is 4.79 Å². The molecule has 8 heteroatoms. The van der Waals surface area contributed by atoms with Crippen molar-refractivity contribution in [1.29, 1.82) is 0 Å². The molecule has 0 fully saturated rings. The van der Waals surface area contributed by atoms with Crippen molar-refractivity contribution >= 4 is 39.5 Å². The predicted octanol–water partition coefficient (Wildman–Crippen LogP) is 2.71. The number of hydrogen-bond acceptors (Lipinski definition) is 5. The van der Waals surface area contributed by atoms with Gasteiger partial charge < -0.3 is 5.32 Å². The van der Waals surface area contributed by atoms with Gasteiger partial charge in [0.05, 0.1) is 0 Å². The lowest BCUT2D eigenvalue weighted by atomic mass is 10.2. The van der Waals surface area contributed by atoms with Gasteiger partial charge in [0.15, 0.2) is 5.82 Å². The first-order valence-corrected chi connectivity index (χ1v) is 7.00. The molecular weight excluding hydrogens is 298 g/mol. The molecule has 3 aromatic rings. The van der Waals surface area contributed by atoms with E-state index in [0.29, 0.717) is 26.5 Å². The van der Waals surface area contributed by atoms with Crippen molar-refractivity contribution in [3.63, 3.8) is 0 Å². The highest BCUT2D eigenvalue weighted by Crippen LogP contribution is 2.22. The number of carbonyl (C=O) groups excluding carboxylic acids is 1. The third-order valence-electron chi connectivity index (χ3n) is 2.79. The van der Waals surface area contributed by atoms with Crippen LogP contribution in [0.1, 0.15) is 21.2 Å². The highest BCUT2D eigenvalue weighted by molar-refractivity contribution is 7.18. The molecule has 0 spiro atoms. The number of nitrogens with zero attached hydrogens (tertiary/aromatic N) is 4. The molecular formula is C12H10ClN5OS. The van der Waals surface area contributed by atoms with Crippen LogP contribution in [0.5, 0.6) is 0 Å². The quantitative estimate of drug-likeness (QED) is 0.790. The second-order valence-corrected chi connectivity index (χ2v) is 5.65. The van der Waals surface area contributed by atoms with E-state index in [1.54, 1.807) is 23.6 Å². The molecule has 0 saturated heterocycles. The maximum absolute atomic E-state index is 12.2. The van der Waals surface area contributed by atoms with Gasteiger partial charge in [-0.15, -0.1) is 15.3 Å². The van der Waals surface area contributed by atoms with E-state index in [0.717, 1.165) is 5.56 Å². The molecule has 0 aliphatic rings. The lowest BCUT2D eigenvalue weighted by molar-refractivity contribution is 0.102. The van der Waals surface area contributed by atoms with E-state index in [1.165, 1.54) is 11.3 Å². The van der Waals surface area contributed by atoms with Crippen molar-refractivity contribution < 1.29 is 4.79 Å². The van der Waals surface area contributed by atoms with E-state index >= 15 is 0 Å². The molecule has 20 heavy (non-hydrogen) atoms. The van der Waals surface area contributed by atoms with Crippen LogP contribution in [0.4, 0.5) is 5.69 Å². The van der Waals surface area contributed by atoms with Gasteiger partial charge in [-0.1, -0.05) is 29.0 Å². The standard InChI is InChI=1S/C12H10ClN5OS/c1-6-3-4-8(13)5-9(6)14-10(19)11-17-18-7(2)15-16-12(18)20-11/h3-5H,1-2H3,(H,14,19). The van der Waals surface area contributed by atoms with Gasteiger partial charge >= 0.3 is 0 Å². The van der Waals surface area contributed by atoms with Crippen molar-refractivity contribution in [3.8, 4) is 0 Å². The zero-order chi connectivity index (χ0) is 14.3. The topological polar surface area (TPSA) is 72.2 Å². The van der Waals surface area contributed by atoms with Crippen molar-refractivity contribution in [2.45, 2.75) is 13.8 Å². The Bertz CT molecular complexity index is 809. The minimum atomic E-state index is -0.287. The van der Waals surface area contributed by atoms with E-state index < -0.39 is 0 Å². The third kappa shape index (κ3) is 2.25. The summed E-state index contributed by atoms with van der Waals surface area (Å²) in [4.78, 5) is 12.8. The van der Waals surface area contributed by atoms with Crippen LogP contribution >= 0.6 is 22.9 Å². The fourth-order valence-electron chi connectivity index (χ4n) is 1.71. The highest BCUT2D eigenvalue weighted by Gasteiger charge is 2.16. The average molecular weight is 308 g/mol. The minimum Gasteiger partial charge on any atom is -0.320 e. The Hall–Kier alpha value is -1.99. The Morgan fingerprint density at radius 2 is 2.15 bits per heavy atom. The number of halogens is 1. The van der Waals surface area contributed by atoms with Crippen LogP contribution in [0.2, 0.25) is 5.02 Å². The smallest absolute Gasteiger partial charge is 0.286 e. The summed E-state index contributed by atoms with van der Waals surface area (Å²) in [5.74, 6) is 0.361. The minimum absolute atomic E-state index is 0.287. The molecule has 0 aliphatic heterocycles. The van der Waals surface area contributed by atoms with Gasteiger partial charge in [0.1, 0.15) is 0 Å². The lowest BCUT2D eigenvalue weighted by Crippen LogP contribution is -2.13. The van der Waals surface area contributed by atoms with Crippen molar-refractivity contribution in [2.75, 3.05) is 5.32 Å². The summed E-state index contributed by atoms with van der Waals surface area (Å²) in [5, 5.41) is 15.7. The van der Waals surface area contributed by atoms with Crippen LogP contribution in [-0.2, 0) is 0 Å². The molecule has 3 rings (SSSR count). The molecule has 2 heterocycles. The summed E-state index contributed by atoms with van der Waals surface area (Å²) in [6, 6.07) is 5.33. The summed E-state index contributed by atoms with van der Waals surface area (Å²) in [7, 11) is 0. The summed E-state index contributed by atoms with van der Waals surface area (Å²) >= 11 is 7.12. The molecule has 0 aliphatic carbocycles. The summed E-state index contributed by atoms with van der Waals surface area (Å²) in [5.41, 5.74) is 1.60. The molecule has 1 N–H and O–H groups in total. The highest BCUT2D eigenvalue weighted by atomic mass is 35.5. The molecule has 0 bridgehead atoms. The first-order chi connectivity index (χ1) is 9.54. The molecule has 102 valence electrons. The normalized spacial score (nSPS) is 10.9. The Morgan fingerprint density at radius 3 is 2.90 bits per heavy atom. The van der Waals surface area contributed by atoms with E-state index in [4.69, 9.17) is 11.6 Å². The van der Waals surface area contributed by atoms with Crippen LogP contribution in [0.25, 0.3) is 4.96 Å². The predicted molar refractivity (Wildman–Crippen MR) is 77.5 cm³/mol. The summed E-state index contributed by atoms with van der Waals surface area (Å²) < 4.78 is 1.55. The van der Waals surface area contributed by atoms with Crippen molar-refractivity contribution in [2.24, 2.45) is 0 Å². The van der Waals surface area contributed by atoms with E-state index in [2.05, 4.69) is 20.6 Å². The van der Waals surface area contributed by atoms with Gasteiger partial charge in [-0.2, -0.15) is 4.52 Å². The van der Waals surface area contributed by atoms with Crippen molar-refractivity contribution in [1.82, 2.24) is 19.8 Å². The number of carbonyl (C=O) groups is 1. The molecule has 0 saturated carbocycles. The first kappa shape index (κ1) is 13.0. The molecule has 6 nitrogen and oxygen atoms in total. The maximum Gasteiger partial charge on any atom is 0.286 e. The van der Waals surface area contributed by atoms with Crippen LogP contribution in [0.15, 0.2) is 18.2 Å². The Kier molecular flexibility index (Phi) is 3.15. The van der Waals surface area contributed by atoms with Crippen LogP contribution in [0.3, 0.4) is 0 Å². The number of nitrogens with one attached hydrogen (secondary N) is 1. The SMILES string of the molecule is Cc1ccc(Cl)cc1NC(=O)c1nn2c(C)nnc2s1. The van der Waals surface area contributed by atoms with Gasteiger partial charge in [0.25, 0.3) is 5.91 Å². The Labute approximate surface area is 123 Å². The molecule has 0 atom stereocenters. The van der Waals surface area contributed by atoms with E-state index in [1.807, 2.05) is 13.0 Å². The maximum atomic E-state index is 12.2. The largest absolute Gasteiger partial charge is 0.320 e. The monoisotopic (exact) mass is 307 g/mol. The van der Waals surface area contributed by atoms with Gasteiger partial charge in [-0.25, -0.2) is 0 Å². The molecule has 1 aromatic carbocycles. The number of hydrogen-bond donors (Lipinski definition) is 1. The van der Waals surface area contributed by atoms with Gasteiger partial charge in [0, 0.05) is 10.7 Å². The fourth-order valence-corrected chi connectivity index (χ4v) is 2.66. The number of benzene rings is 1. The Balaban J connectivity index is 1.90. The van der Waals surface area contributed by atoms with Crippen molar-refractivity contribution in [3.05, 3.63) is 39.6 Å². The zero-order valence-corrected chi connectivity index (χ0v) is 12.3. The number of anilines is 1. The van der Waals surface area contributed by atoms with Crippen LogP contribution in [-0.4, -0.2) is 25.7 Å². The number of aromatic nitrogens is 4. The van der Waals surface area contributed by atoms with Crippen LogP contribution < -0.4 is 5.32 Å². The Morgan fingerprint density at radius 1 is 1.35 bits per heavy atom. The fraction of sp³-hybridized carbons (Fsp3) is 0.167. The third-order valence-corrected chi connectivity index (χ3v) is 3.92. The first-order valence-electron chi connectivity index (χ1n) is 5.81. The average Bonchev–Trinajstić information content (AvgIpc) is 2.97. The second kappa shape index (κ2) is 4.84. The van der Waals surface area contributed by atoms with Crippen LogP contribution in [0, 0.1) is 13.8 Å². The van der Waals surface area contributed by atoms with Gasteiger partial charge in [-0.05, 0) is 31.5 Å². The number of amides is 1. The molecule has 0 unspecified atom stereocenters. The van der Waals surface area contributed by atoms with E-state index in [-0.39, 0.29) is 5.91 Å². The molecule has 1 amide bonds. The van der Waals surface area contributed by atoms with Gasteiger partial charge in [-0.3, -0.25) is 4.79 Å². The second-order valence-electron chi connectivity index (χ2n) is 4.26. The molecule has 2 aromatic heterocycles. The molecule has 0 radical (unpaired) electrons. The number of rotatable bonds is 2. The lowest BCUT2D eigenvalue weighted by Gasteiger charge is -2.06. The van der Waals surface area contributed by atoms with Gasteiger partial charge in [0.2, 0.25) is 9.97 Å². The number of fused-ring (bicyclic) bond motifs is 1. The summed E-state index contributed by atoms with van der Waals surface area (Å²) in [6.07, 6.45) is 0. The zero-order valence-electron chi connectivity index (χ0n) is 10.7. The summed E-state index contributed by atoms with van der Waals surface area (Å²) in [6.45, 7) is 3.68.